The first kappa shape index (κ1) is 8.69. The SMILES string of the molecule is C=CC(O)OCC(=C)Cl. The third kappa shape index (κ3) is 5.56. The van der Waals surface area contributed by atoms with Crippen LogP contribution < -0.4 is 0 Å². The van der Waals surface area contributed by atoms with Gasteiger partial charge in [0.2, 0.25) is 0 Å². The molecule has 9 heavy (non-hydrogen) atoms. The van der Waals surface area contributed by atoms with Gasteiger partial charge in [0.25, 0.3) is 0 Å². The number of rotatable bonds is 4. The lowest BCUT2D eigenvalue weighted by molar-refractivity contribution is -0.0529. The molecule has 1 unspecified atom stereocenters. The molecule has 0 amide bonds. The first-order valence-electron chi connectivity index (χ1n) is 2.42. The molecule has 0 aliphatic heterocycles. The zero-order valence-electron chi connectivity index (χ0n) is 5.01. The van der Waals surface area contributed by atoms with Gasteiger partial charge in [-0.05, 0) is 6.08 Å². The quantitative estimate of drug-likeness (QED) is 0.481. The molecule has 0 heterocycles. The average Bonchev–Trinajstić information content (AvgIpc) is 1.83. The van der Waals surface area contributed by atoms with E-state index in [1.807, 2.05) is 0 Å². The minimum absolute atomic E-state index is 0.148. The second-order valence-electron chi connectivity index (χ2n) is 1.45. The van der Waals surface area contributed by atoms with E-state index in [9.17, 15) is 0 Å². The lowest BCUT2D eigenvalue weighted by Crippen LogP contribution is -2.08. The Morgan fingerprint density at radius 2 is 2.44 bits per heavy atom. The maximum atomic E-state index is 8.67. The van der Waals surface area contributed by atoms with Gasteiger partial charge in [0, 0.05) is 5.03 Å². The molecule has 52 valence electrons. The normalized spacial score (nSPS) is 12.7. The van der Waals surface area contributed by atoms with Crippen LogP contribution in [0.15, 0.2) is 24.3 Å². The Bertz CT molecular complexity index is 112. The first-order valence-corrected chi connectivity index (χ1v) is 2.80. The van der Waals surface area contributed by atoms with Gasteiger partial charge in [-0.15, -0.1) is 0 Å². The molecule has 3 heteroatoms. The third-order valence-electron chi connectivity index (χ3n) is 0.612. The highest BCUT2D eigenvalue weighted by atomic mass is 35.5. The third-order valence-corrected chi connectivity index (χ3v) is 0.721. The van der Waals surface area contributed by atoms with Crippen LogP contribution in [0.2, 0.25) is 0 Å². The van der Waals surface area contributed by atoms with E-state index in [2.05, 4.69) is 17.9 Å². The monoisotopic (exact) mass is 148 g/mol. The van der Waals surface area contributed by atoms with Crippen molar-refractivity contribution in [3.8, 4) is 0 Å². The van der Waals surface area contributed by atoms with Crippen molar-refractivity contribution in [2.45, 2.75) is 6.29 Å². The van der Waals surface area contributed by atoms with Crippen molar-refractivity contribution in [1.29, 1.82) is 0 Å². The molecule has 2 nitrogen and oxygen atoms in total. The maximum absolute atomic E-state index is 8.67. The van der Waals surface area contributed by atoms with Crippen molar-refractivity contribution in [1.82, 2.24) is 0 Å². The van der Waals surface area contributed by atoms with Gasteiger partial charge in [0.05, 0.1) is 6.61 Å². The fourth-order valence-corrected chi connectivity index (χ4v) is 0.307. The van der Waals surface area contributed by atoms with Crippen molar-refractivity contribution >= 4 is 11.6 Å². The Labute approximate surface area is 59.4 Å². The Balaban J connectivity index is 3.26. The first-order chi connectivity index (χ1) is 4.16. The van der Waals surface area contributed by atoms with E-state index >= 15 is 0 Å². The van der Waals surface area contributed by atoms with Gasteiger partial charge in [-0.3, -0.25) is 0 Å². The smallest absolute Gasteiger partial charge is 0.174 e. The van der Waals surface area contributed by atoms with Crippen molar-refractivity contribution in [2.24, 2.45) is 0 Å². The summed E-state index contributed by atoms with van der Waals surface area (Å²) in [6.07, 6.45) is 0.320. The Morgan fingerprint density at radius 3 is 2.78 bits per heavy atom. The molecule has 0 aromatic carbocycles. The molecule has 0 bridgehead atoms. The summed E-state index contributed by atoms with van der Waals surface area (Å²) in [6, 6.07) is 0. The number of aliphatic hydroxyl groups excluding tert-OH is 1. The van der Waals surface area contributed by atoms with Crippen LogP contribution in [0.1, 0.15) is 0 Å². The topological polar surface area (TPSA) is 29.5 Å². The summed E-state index contributed by atoms with van der Waals surface area (Å²) in [5, 5.41) is 9.02. The van der Waals surface area contributed by atoms with Gasteiger partial charge in [-0.2, -0.15) is 0 Å². The molecule has 1 atom stereocenters. The van der Waals surface area contributed by atoms with E-state index < -0.39 is 6.29 Å². The van der Waals surface area contributed by atoms with Crippen LogP contribution >= 0.6 is 11.6 Å². The van der Waals surface area contributed by atoms with Gasteiger partial charge in [0.15, 0.2) is 6.29 Å². The Kier molecular flexibility index (Phi) is 4.40. The molecule has 0 saturated carbocycles. The predicted octanol–water partition coefficient (Wildman–Crippen LogP) is 1.26. The number of aliphatic hydroxyl groups is 1. The predicted molar refractivity (Wildman–Crippen MR) is 37.1 cm³/mol. The molecular weight excluding hydrogens is 140 g/mol. The molecule has 0 spiro atoms. The fraction of sp³-hybridized carbons (Fsp3) is 0.333. The molecule has 0 aliphatic rings. The second-order valence-corrected chi connectivity index (χ2v) is 1.99. The summed E-state index contributed by atoms with van der Waals surface area (Å²) in [4.78, 5) is 0. The summed E-state index contributed by atoms with van der Waals surface area (Å²) in [7, 11) is 0. The highest BCUT2D eigenvalue weighted by Crippen LogP contribution is 1.98. The zero-order valence-corrected chi connectivity index (χ0v) is 5.77. The van der Waals surface area contributed by atoms with Crippen LogP contribution in [-0.2, 0) is 4.74 Å². The van der Waals surface area contributed by atoms with Gasteiger partial charge >= 0.3 is 0 Å². The fourth-order valence-electron chi connectivity index (χ4n) is 0.244. The minimum Gasteiger partial charge on any atom is -0.365 e. The van der Waals surface area contributed by atoms with Gasteiger partial charge in [-0.25, -0.2) is 0 Å². The zero-order chi connectivity index (χ0) is 7.28. The summed E-state index contributed by atoms with van der Waals surface area (Å²) >= 11 is 5.31. The molecular formula is C6H9ClO2. The van der Waals surface area contributed by atoms with Gasteiger partial charge in [0.1, 0.15) is 0 Å². The molecule has 0 saturated heterocycles. The van der Waals surface area contributed by atoms with Crippen LogP contribution in [0.4, 0.5) is 0 Å². The average molecular weight is 149 g/mol. The molecule has 0 radical (unpaired) electrons. The molecule has 0 aromatic rings. The van der Waals surface area contributed by atoms with E-state index in [-0.39, 0.29) is 6.61 Å². The van der Waals surface area contributed by atoms with Gasteiger partial charge in [-0.1, -0.05) is 24.8 Å². The lowest BCUT2D eigenvalue weighted by Gasteiger charge is -2.04. The molecule has 0 aromatic heterocycles. The molecule has 1 N–H and O–H groups in total. The van der Waals surface area contributed by atoms with Crippen molar-refractivity contribution in [3.05, 3.63) is 24.3 Å². The van der Waals surface area contributed by atoms with E-state index in [4.69, 9.17) is 16.7 Å². The maximum Gasteiger partial charge on any atom is 0.174 e. The van der Waals surface area contributed by atoms with Crippen LogP contribution in [0, 0.1) is 0 Å². The number of hydrogen-bond acceptors (Lipinski definition) is 2. The largest absolute Gasteiger partial charge is 0.365 e. The summed E-state index contributed by atoms with van der Waals surface area (Å²) < 4.78 is 4.66. The van der Waals surface area contributed by atoms with Crippen LogP contribution in [0.25, 0.3) is 0 Å². The number of hydrogen-bond donors (Lipinski definition) is 1. The highest BCUT2D eigenvalue weighted by Gasteiger charge is 1.95. The molecule has 0 fully saturated rings. The Morgan fingerprint density at radius 1 is 1.89 bits per heavy atom. The van der Waals surface area contributed by atoms with Crippen LogP contribution in [-0.4, -0.2) is 18.0 Å². The molecule has 0 aliphatic carbocycles. The molecule has 0 rings (SSSR count). The van der Waals surface area contributed by atoms with Crippen molar-refractivity contribution in [3.63, 3.8) is 0 Å². The van der Waals surface area contributed by atoms with E-state index in [1.165, 1.54) is 6.08 Å². The summed E-state index contributed by atoms with van der Waals surface area (Å²) in [5.41, 5.74) is 0. The summed E-state index contributed by atoms with van der Waals surface area (Å²) in [5.74, 6) is 0. The highest BCUT2D eigenvalue weighted by molar-refractivity contribution is 6.29. The Hall–Kier alpha value is -0.310. The van der Waals surface area contributed by atoms with Gasteiger partial charge < -0.3 is 9.84 Å². The van der Waals surface area contributed by atoms with E-state index in [0.717, 1.165) is 0 Å². The standard InChI is InChI=1S/C6H9ClO2/c1-3-6(8)9-4-5(2)7/h3,6,8H,1-2,4H2. The van der Waals surface area contributed by atoms with E-state index in [0.29, 0.717) is 5.03 Å². The number of halogens is 1. The second kappa shape index (κ2) is 4.56. The number of ether oxygens (including phenoxy) is 1. The van der Waals surface area contributed by atoms with Crippen LogP contribution in [0.3, 0.4) is 0 Å². The lowest BCUT2D eigenvalue weighted by atomic mass is 10.6. The summed E-state index contributed by atoms with van der Waals surface area (Å²) in [6.45, 7) is 6.79. The van der Waals surface area contributed by atoms with E-state index in [1.54, 1.807) is 0 Å². The van der Waals surface area contributed by atoms with Crippen molar-refractivity contribution < 1.29 is 9.84 Å². The minimum atomic E-state index is -0.944. The van der Waals surface area contributed by atoms with Crippen molar-refractivity contribution in [2.75, 3.05) is 6.61 Å². The van der Waals surface area contributed by atoms with Crippen LogP contribution in [0.5, 0.6) is 0 Å².